The highest BCUT2D eigenvalue weighted by Gasteiger charge is 2.17. The number of aromatic hydroxyl groups is 2. The number of hydrogen-bond donors (Lipinski definition) is 3. The molecule has 1 heterocycles. The first kappa shape index (κ1) is 12.9. The summed E-state index contributed by atoms with van der Waals surface area (Å²) in [5, 5.41) is 25.9. The fourth-order valence-electron chi connectivity index (χ4n) is 1.79. The van der Waals surface area contributed by atoms with Crippen LogP contribution in [0.3, 0.4) is 0 Å². The SMILES string of the molecule is CC(Cn1cccn1)NC(=O)c1c(O)cccc1O. The van der Waals surface area contributed by atoms with Gasteiger partial charge in [0, 0.05) is 18.4 Å². The van der Waals surface area contributed by atoms with Gasteiger partial charge < -0.3 is 15.5 Å². The Morgan fingerprint density at radius 2 is 2.05 bits per heavy atom. The average molecular weight is 261 g/mol. The first-order chi connectivity index (χ1) is 9.08. The lowest BCUT2D eigenvalue weighted by molar-refractivity contribution is 0.0930. The van der Waals surface area contributed by atoms with Gasteiger partial charge in [-0.2, -0.15) is 5.10 Å². The van der Waals surface area contributed by atoms with Crippen LogP contribution in [-0.2, 0) is 6.54 Å². The van der Waals surface area contributed by atoms with Gasteiger partial charge in [0.25, 0.3) is 5.91 Å². The van der Waals surface area contributed by atoms with Crippen LogP contribution in [0.2, 0.25) is 0 Å². The quantitative estimate of drug-likeness (QED) is 0.769. The topological polar surface area (TPSA) is 87.4 Å². The molecule has 1 aromatic heterocycles. The van der Waals surface area contributed by atoms with Crippen molar-refractivity contribution in [2.24, 2.45) is 0 Å². The molecule has 0 radical (unpaired) electrons. The van der Waals surface area contributed by atoms with Crippen LogP contribution >= 0.6 is 0 Å². The molecule has 0 aliphatic rings. The minimum absolute atomic E-state index is 0.116. The number of rotatable bonds is 4. The second-order valence-electron chi connectivity index (χ2n) is 4.27. The van der Waals surface area contributed by atoms with Crippen LogP contribution in [0, 0.1) is 0 Å². The molecule has 3 N–H and O–H groups in total. The van der Waals surface area contributed by atoms with Crippen molar-refractivity contribution >= 4 is 5.91 Å². The number of carbonyl (C=O) groups excluding carboxylic acids is 1. The standard InChI is InChI=1S/C13H15N3O3/c1-9(8-16-7-3-6-14-16)15-13(19)12-10(17)4-2-5-11(12)18/h2-7,9,17-18H,8H2,1H3,(H,15,19). The first-order valence-electron chi connectivity index (χ1n) is 5.87. The van der Waals surface area contributed by atoms with Gasteiger partial charge in [-0.15, -0.1) is 0 Å². The van der Waals surface area contributed by atoms with Crippen molar-refractivity contribution in [2.45, 2.75) is 19.5 Å². The molecule has 0 aliphatic heterocycles. The van der Waals surface area contributed by atoms with E-state index in [2.05, 4.69) is 10.4 Å². The van der Waals surface area contributed by atoms with Gasteiger partial charge in [-0.25, -0.2) is 0 Å². The second kappa shape index (κ2) is 5.43. The fraction of sp³-hybridized carbons (Fsp3) is 0.231. The number of hydrogen-bond acceptors (Lipinski definition) is 4. The van der Waals surface area contributed by atoms with Crippen molar-refractivity contribution in [1.29, 1.82) is 0 Å². The zero-order valence-corrected chi connectivity index (χ0v) is 10.4. The van der Waals surface area contributed by atoms with E-state index in [9.17, 15) is 15.0 Å². The van der Waals surface area contributed by atoms with E-state index in [0.717, 1.165) is 0 Å². The van der Waals surface area contributed by atoms with E-state index < -0.39 is 5.91 Å². The molecule has 100 valence electrons. The Morgan fingerprint density at radius 1 is 1.37 bits per heavy atom. The van der Waals surface area contributed by atoms with E-state index in [1.807, 2.05) is 6.92 Å². The van der Waals surface area contributed by atoms with Gasteiger partial charge in [0.2, 0.25) is 0 Å². The molecule has 0 saturated heterocycles. The van der Waals surface area contributed by atoms with Gasteiger partial charge in [0.05, 0.1) is 6.54 Å². The highest BCUT2D eigenvalue weighted by Crippen LogP contribution is 2.25. The monoisotopic (exact) mass is 261 g/mol. The molecule has 0 saturated carbocycles. The van der Waals surface area contributed by atoms with Crippen LogP contribution in [-0.4, -0.2) is 31.9 Å². The molecule has 2 aromatic rings. The van der Waals surface area contributed by atoms with Crippen molar-refractivity contribution in [3.8, 4) is 11.5 Å². The average Bonchev–Trinajstić information content (AvgIpc) is 2.81. The normalized spacial score (nSPS) is 12.1. The predicted octanol–water partition coefficient (Wildman–Crippen LogP) is 1.11. The van der Waals surface area contributed by atoms with Gasteiger partial charge in [-0.05, 0) is 25.1 Å². The number of amides is 1. The Morgan fingerprint density at radius 3 is 2.63 bits per heavy atom. The predicted molar refractivity (Wildman–Crippen MR) is 68.9 cm³/mol. The lowest BCUT2D eigenvalue weighted by Crippen LogP contribution is -2.35. The number of nitrogens with one attached hydrogen (secondary N) is 1. The molecule has 19 heavy (non-hydrogen) atoms. The Hall–Kier alpha value is -2.50. The third kappa shape index (κ3) is 3.04. The summed E-state index contributed by atoms with van der Waals surface area (Å²) in [5.74, 6) is -1.01. The number of nitrogens with zero attached hydrogens (tertiary/aromatic N) is 2. The maximum absolute atomic E-state index is 12.0. The summed E-state index contributed by atoms with van der Waals surface area (Å²) < 4.78 is 1.69. The van der Waals surface area contributed by atoms with Crippen molar-refractivity contribution in [3.63, 3.8) is 0 Å². The van der Waals surface area contributed by atoms with Crippen LogP contribution in [0.25, 0.3) is 0 Å². The molecule has 2 rings (SSSR count). The molecule has 1 unspecified atom stereocenters. The summed E-state index contributed by atoms with van der Waals surface area (Å²) >= 11 is 0. The van der Waals surface area contributed by atoms with Gasteiger partial charge in [-0.3, -0.25) is 9.48 Å². The molecule has 1 aromatic carbocycles. The Labute approximate surface area is 110 Å². The summed E-state index contributed by atoms with van der Waals surface area (Å²) in [6.45, 7) is 2.32. The van der Waals surface area contributed by atoms with Crippen molar-refractivity contribution in [3.05, 3.63) is 42.2 Å². The van der Waals surface area contributed by atoms with Gasteiger partial charge in [0.1, 0.15) is 17.1 Å². The van der Waals surface area contributed by atoms with E-state index >= 15 is 0 Å². The number of phenolic OH excluding ortho intramolecular Hbond substituents is 2. The summed E-state index contributed by atoms with van der Waals surface area (Å²) in [7, 11) is 0. The lowest BCUT2D eigenvalue weighted by atomic mass is 10.1. The summed E-state index contributed by atoms with van der Waals surface area (Å²) in [4.78, 5) is 12.0. The first-order valence-corrected chi connectivity index (χ1v) is 5.87. The second-order valence-corrected chi connectivity index (χ2v) is 4.27. The molecule has 0 fully saturated rings. The summed E-state index contributed by atoms with van der Waals surface area (Å²) in [5.41, 5.74) is -0.116. The van der Waals surface area contributed by atoms with Gasteiger partial charge >= 0.3 is 0 Å². The molecule has 6 nitrogen and oxygen atoms in total. The third-order valence-corrected chi connectivity index (χ3v) is 2.65. The smallest absolute Gasteiger partial charge is 0.259 e. The minimum Gasteiger partial charge on any atom is -0.507 e. The summed E-state index contributed by atoms with van der Waals surface area (Å²) in [6, 6.07) is 5.78. The largest absolute Gasteiger partial charge is 0.507 e. The number of benzene rings is 1. The molecule has 1 amide bonds. The molecule has 0 spiro atoms. The lowest BCUT2D eigenvalue weighted by Gasteiger charge is -2.15. The zero-order chi connectivity index (χ0) is 13.8. The van der Waals surface area contributed by atoms with Crippen molar-refractivity contribution < 1.29 is 15.0 Å². The summed E-state index contributed by atoms with van der Waals surface area (Å²) in [6.07, 6.45) is 3.45. The highest BCUT2D eigenvalue weighted by molar-refractivity contribution is 5.99. The highest BCUT2D eigenvalue weighted by atomic mass is 16.3. The van der Waals surface area contributed by atoms with Crippen molar-refractivity contribution in [1.82, 2.24) is 15.1 Å². The number of aromatic nitrogens is 2. The molecular weight excluding hydrogens is 246 g/mol. The molecular formula is C13H15N3O3. The number of carbonyl (C=O) groups is 1. The van der Waals surface area contributed by atoms with E-state index in [1.165, 1.54) is 18.2 Å². The van der Waals surface area contributed by atoms with Crippen LogP contribution in [0.15, 0.2) is 36.7 Å². The zero-order valence-electron chi connectivity index (χ0n) is 10.4. The maximum Gasteiger partial charge on any atom is 0.259 e. The number of phenols is 2. The molecule has 0 aliphatic carbocycles. The Bertz CT molecular complexity index is 546. The minimum atomic E-state index is -0.518. The Kier molecular flexibility index (Phi) is 3.70. The molecule has 1 atom stereocenters. The van der Waals surface area contributed by atoms with Crippen LogP contribution in [0.1, 0.15) is 17.3 Å². The van der Waals surface area contributed by atoms with Crippen LogP contribution < -0.4 is 5.32 Å². The fourth-order valence-corrected chi connectivity index (χ4v) is 1.79. The molecule has 6 heteroatoms. The van der Waals surface area contributed by atoms with E-state index in [-0.39, 0.29) is 23.1 Å². The van der Waals surface area contributed by atoms with Crippen LogP contribution in [0.4, 0.5) is 0 Å². The van der Waals surface area contributed by atoms with E-state index in [4.69, 9.17) is 0 Å². The van der Waals surface area contributed by atoms with Gasteiger partial charge in [-0.1, -0.05) is 6.07 Å². The Balaban J connectivity index is 2.04. The maximum atomic E-state index is 12.0. The van der Waals surface area contributed by atoms with Crippen molar-refractivity contribution in [2.75, 3.05) is 0 Å². The third-order valence-electron chi connectivity index (χ3n) is 2.65. The molecule has 0 bridgehead atoms. The van der Waals surface area contributed by atoms with Gasteiger partial charge in [0.15, 0.2) is 0 Å². The van der Waals surface area contributed by atoms with E-state index in [0.29, 0.717) is 6.54 Å². The van der Waals surface area contributed by atoms with E-state index in [1.54, 1.807) is 23.1 Å². The van der Waals surface area contributed by atoms with Crippen LogP contribution in [0.5, 0.6) is 11.5 Å².